The summed E-state index contributed by atoms with van der Waals surface area (Å²) in [4.78, 5) is 25.6. The molecule has 90 valence electrons. The summed E-state index contributed by atoms with van der Waals surface area (Å²) in [6.07, 6.45) is 0.897. The minimum Gasteiger partial charge on any atom is -0.334 e. The molecule has 0 saturated carbocycles. The van der Waals surface area contributed by atoms with Gasteiger partial charge in [-0.3, -0.25) is 9.59 Å². The van der Waals surface area contributed by atoms with Crippen molar-refractivity contribution in [3.63, 3.8) is 0 Å². The van der Waals surface area contributed by atoms with Crippen molar-refractivity contribution in [1.82, 2.24) is 10.2 Å². The molecule has 0 atom stereocenters. The van der Waals surface area contributed by atoms with Crippen LogP contribution in [0.3, 0.4) is 0 Å². The van der Waals surface area contributed by atoms with Crippen molar-refractivity contribution in [2.75, 3.05) is 26.2 Å². The summed E-state index contributed by atoms with van der Waals surface area (Å²) in [5.41, 5.74) is 0.467. The first-order valence-corrected chi connectivity index (χ1v) is 5.88. The lowest BCUT2D eigenvalue weighted by molar-refractivity contribution is -0.126. The maximum absolute atomic E-state index is 12.0. The molecule has 0 aromatic heterocycles. The number of amides is 1. The Morgan fingerprint density at radius 1 is 1.06 bits per heavy atom. The maximum Gasteiger partial charge on any atom is 0.295 e. The topological polar surface area (TPSA) is 49.4 Å². The zero-order valence-electron chi connectivity index (χ0n) is 9.69. The molecule has 1 aliphatic rings. The Kier molecular flexibility index (Phi) is 3.88. The van der Waals surface area contributed by atoms with Gasteiger partial charge in [0.1, 0.15) is 0 Å². The number of Topliss-reactive ketones (excluding diaryl/α,β-unsaturated/α-hetero) is 1. The summed E-state index contributed by atoms with van der Waals surface area (Å²) in [5.74, 6) is -0.799. The van der Waals surface area contributed by atoms with Crippen LogP contribution in [0.1, 0.15) is 16.8 Å². The summed E-state index contributed by atoms with van der Waals surface area (Å²) in [6, 6.07) is 8.72. The van der Waals surface area contributed by atoms with Crippen LogP contribution in [0.25, 0.3) is 0 Å². The number of nitrogens with zero attached hydrogens (tertiary/aromatic N) is 1. The van der Waals surface area contributed by atoms with Gasteiger partial charge >= 0.3 is 0 Å². The molecule has 1 aromatic carbocycles. The van der Waals surface area contributed by atoms with Gasteiger partial charge in [-0.05, 0) is 13.0 Å². The van der Waals surface area contributed by atoms with Crippen LogP contribution in [-0.2, 0) is 4.79 Å². The van der Waals surface area contributed by atoms with Crippen LogP contribution in [0.2, 0.25) is 0 Å². The Hall–Kier alpha value is -1.68. The van der Waals surface area contributed by atoms with E-state index in [0.29, 0.717) is 18.7 Å². The van der Waals surface area contributed by atoms with E-state index in [9.17, 15) is 9.59 Å². The number of hydrogen-bond acceptors (Lipinski definition) is 3. The first-order chi connectivity index (χ1) is 8.29. The van der Waals surface area contributed by atoms with Crippen LogP contribution in [0, 0.1) is 0 Å². The van der Waals surface area contributed by atoms with E-state index in [0.717, 1.165) is 19.5 Å². The monoisotopic (exact) mass is 232 g/mol. The van der Waals surface area contributed by atoms with Crippen LogP contribution in [0.4, 0.5) is 0 Å². The lowest BCUT2D eigenvalue weighted by atomic mass is 10.1. The van der Waals surface area contributed by atoms with Crippen molar-refractivity contribution < 1.29 is 9.59 Å². The van der Waals surface area contributed by atoms with E-state index >= 15 is 0 Å². The molecule has 0 radical (unpaired) electrons. The molecule has 1 saturated heterocycles. The number of nitrogens with one attached hydrogen (secondary N) is 1. The molecule has 0 spiro atoms. The second kappa shape index (κ2) is 5.59. The predicted molar refractivity (Wildman–Crippen MR) is 64.8 cm³/mol. The quantitative estimate of drug-likeness (QED) is 0.603. The van der Waals surface area contributed by atoms with Crippen LogP contribution < -0.4 is 5.32 Å². The van der Waals surface area contributed by atoms with Crippen molar-refractivity contribution in [3.05, 3.63) is 35.9 Å². The van der Waals surface area contributed by atoms with Gasteiger partial charge in [-0.25, -0.2) is 0 Å². The van der Waals surface area contributed by atoms with Gasteiger partial charge in [0.2, 0.25) is 5.78 Å². The Morgan fingerprint density at radius 3 is 2.59 bits per heavy atom. The number of carbonyl (C=O) groups is 2. The molecule has 1 aromatic rings. The standard InChI is InChI=1S/C13H16N2O2/c16-12(11-5-2-1-3-6-11)13(17)15-9-4-7-14-8-10-15/h1-3,5-6,14H,4,7-10H2. The van der Waals surface area contributed by atoms with Crippen LogP contribution in [-0.4, -0.2) is 42.8 Å². The van der Waals surface area contributed by atoms with Gasteiger partial charge in [0.15, 0.2) is 0 Å². The Labute approximate surface area is 101 Å². The van der Waals surface area contributed by atoms with Crippen molar-refractivity contribution in [2.24, 2.45) is 0 Å². The SMILES string of the molecule is O=C(C(=O)N1CCCNCC1)c1ccccc1. The number of carbonyl (C=O) groups excluding carboxylic acids is 2. The van der Waals surface area contributed by atoms with Gasteiger partial charge in [-0.2, -0.15) is 0 Å². The first kappa shape index (κ1) is 11.8. The zero-order chi connectivity index (χ0) is 12.1. The molecule has 2 rings (SSSR count). The third-order valence-corrected chi connectivity index (χ3v) is 2.86. The van der Waals surface area contributed by atoms with Crippen LogP contribution in [0.5, 0.6) is 0 Å². The summed E-state index contributed by atoms with van der Waals surface area (Å²) < 4.78 is 0. The highest BCUT2D eigenvalue weighted by atomic mass is 16.2. The number of ketones is 1. The first-order valence-electron chi connectivity index (χ1n) is 5.88. The fraction of sp³-hybridized carbons (Fsp3) is 0.385. The molecule has 1 fully saturated rings. The fourth-order valence-electron chi connectivity index (χ4n) is 1.91. The second-order valence-corrected chi connectivity index (χ2v) is 4.09. The van der Waals surface area contributed by atoms with Gasteiger partial charge in [0.25, 0.3) is 5.91 Å². The third kappa shape index (κ3) is 2.91. The summed E-state index contributed by atoms with van der Waals surface area (Å²) >= 11 is 0. The molecule has 1 amide bonds. The van der Waals surface area contributed by atoms with E-state index in [1.807, 2.05) is 6.07 Å². The van der Waals surface area contributed by atoms with E-state index < -0.39 is 5.78 Å². The smallest absolute Gasteiger partial charge is 0.295 e. The number of hydrogen-bond donors (Lipinski definition) is 1. The van der Waals surface area contributed by atoms with E-state index in [1.165, 1.54) is 0 Å². The highest BCUT2D eigenvalue weighted by Gasteiger charge is 2.23. The molecule has 1 aliphatic heterocycles. The molecular weight excluding hydrogens is 216 g/mol. The highest BCUT2D eigenvalue weighted by molar-refractivity contribution is 6.42. The lowest BCUT2D eigenvalue weighted by Crippen LogP contribution is -2.38. The van der Waals surface area contributed by atoms with E-state index in [1.54, 1.807) is 29.2 Å². The lowest BCUT2D eigenvalue weighted by Gasteiger charge is -2.18. The highest BCUT2D eigenvalue weighted by Crippen LogP contribution is 2.05. The Bertz CT molecular complexity index is 395. The van der Waals surface area contributed by atoms with E-state index in [2.05, 4.69) is 5.32 Å². The predicted octanol–water partition coefficient (Wildman–Crippen LogP) is 0.691. The van der Waals surface area contributed by atoms with Crippen LogP contribution in [0.15, 0.2) is 30.3 Å². The van der Waals surface area contributed by atoms with E-state index in [-0.39, 0.29) is 5.91 Å². The Balaban J connectivity index is 2.06. The fourth-order valence-corrected chi connectivity index (χ4v) is 1.91. The summed E-state index contributed by atoms with van der Waals surface area (Å²) in [7, 11) is 0. The molecule has 1 heterocycles. The Morgan fingerprint density at radius 2 is 1.82 bits per heavy atom. The molecule has 4 nitrogen and oxygen atoms in total. The average Bonchev–Trinajstić information content (AvgIpc) is 2.67. The van der Waals surface area contributed by atoms with Gasteiger partial charge in [0.05, 0.1) is 0 Å². The van der Waals surface area contributed by atoms with Crippen molar-refractivity contribution in [3.8, 4) is 0 Å². The second-order valence-electron chi connectivity index (χ2n) is 4.09. The zero-order valence-corrected chi connectivity index (χ0v) is 9.69. The maximum atomic E-state index is 12.0. The van der Waals surface area contributed by atoms with Gasteiger partial charge in [-0.1, -0.05) is 30.3 Å². The molecule has 0 aliphatic carbocycles. The van der Waals surface area contributed by atoms with Gasteiger partial charge < -0.3 is 10.2 Å². The minimum atomic E-state index is -0.410. The van der Waals surface area contributed by atoms with Crippen molar-refractivity contribution >= 4 is 11.7 Å². The number of benzene rings is 1. The van der Waals surface area contributed by atoms with Gasteiger partial charge in [-0.15, -0.1) is 0 Å². The largest absolute Gasteiger partial charge is 0.334 e. The van der Waals surface area contributed by atoms with Crippen LogP contribution >= 0.6 is 0 Å². The average molecular weight is 232 g/mol. The molecule has 0 unspecified atom stereocenters. The summed E-state index contributed by atoms with van der Waals surface area (Å²) in [5, 5.41) is 3.21. The number of rotatable bonds is 2. The van der Waals surface area contributed by atoms with E-state index in [4.69, 9.17) is 0 Å². The van der Waals surface area contributed by atoms with Crippen molar-refractivity contribution in [1.29, 1.82) is 0 Å². The molecule has 0 bridgehead atoms. The molecule has 1 N–H and O–H groups in total. The molecule has 4 heteroatoms. The third-order valence-electron chi connectivity index (χ3n) is 2.86. The van der Waals surface area contributed by atoms with Gasteiger partial charge in [0, 0.05) is 25.2 Å². The van der Waals surface area contributed by atoms with Crippen molar-refractivity contribution in [2.45, 2.75) is 6.42 Å². The minimum absolute atomic E-state index is 0.389. The normalized spacial score (nSPS) is 16.4. The molecular formula is C13H16N2O2. The summed E-state index contributed by atoms with van der Waals surface area (Å²) in [6.45, 7) is 2.93. The molecule has 17 heavy (non-hydrogen) atoms.